The van der Waals surface area contributed by atoms with Gasteiger partial charge in [0.1, 0.15) is 0 Å². The number of nitrogens with one attached hydrogen (secondary N) is 2. The molecule has 0 aromatic heterocycles. The number of aliphatic hydroxyl groups is 1. The first-order valence-corrected chi connectivity index (χ1v) is 5.46. The van der Waals surface area contributed by atoms with Gasteiger partial charge in [-0.05, 0) is 32.2 Å². The van der Waals surface area contributed by atoms with Crippen LogP contribution in [-0.4, -0.2) is 36.2 Å². The van der Waals surface area contributed by atoms with Crippen LogP contribution in [0.4, 0.5) is 0 Å². The lowest BCUT2D eigenvalue weighted by molar-refractivity contribution is -0.125. The largest absolute Gasteiger partial charge is 0.391 e. The fourth-order valence-corrected chi connectivity index (χ4v) is 2.29. The van der Waals surface area contributed by atoms with Crippen molar-refractivity contribution in [1.29, 1.82) is 0 Å². The Bertz CT molecular complexity index is 214. The van der Waals surface area contributed by atoms with Gasteiger partial charge in [-0.3, -0.25) is 4.79 Å². The van der Waals surface area contributed by atoms with E-state index in [1.165, 1.54) is 0 Å². The molecule has 1 heterocycles. The third-order valence-corrected chi connectivity index (χ3v) is 3.24. The van der Waals surface area contributed by atoms with Crippen molar-refractivity contribution in [3.05, 3.63) is 0 Å². The molecule has 0 bridgehead atoms. The van der Waals surface area contributed by atoms with Crippen LogP contribution in [0.5, 0.6) is 0 Å². The Balaban J connectivity index is 1.81. The smallest absolute Gasteiger partial charge is 0.224 e. The Hall–Kier alpha value is -0.610. The van der Waals surface area contributed by atoms with Crippen LogP contribution >= 0.6 is 0 Å². The van der Waals surface area contributed by atoms with Crippen LogP contribution in [0.25, 0.3) is 0 Å². The Morgan fingerprint density at radius 1 is 1.36 bits per heavy atom. The lowest BCUT2D eigenvalue weighted by Crippen LogP contribution is -2.43. The van der Waals surface area contributed by atoms with Crippen LogP contribution < -0.4 is 10.6 Å². The predicted molar refractivity (Wildman–Crippen MR) is 52.8 cm³/mol. The Labute approximate surface area is 84.1 Å². The maximum Gasteiger partial charge on any atom is 0.224 e. The molecule has 1 aliphatic carbocycles. The molecule has 1 aliphatic heterocycles. The van der Waals surface area contributed by atoms with Crippen LogP contribution in [0.3, 0.4) is 0 Å². The summed E-state index contributed by atoms with van der Waals surface area (Å²) in [6, 6.07) is 0.00287. The molecule has 2 rings (SSSR count). The molecule has 0 spiro atoms. The highest BCUT2D eigenvalue weighted by atomic mass is 16.3. The van der Waals surface area contributed by atoms with Gasteiger partial charge in [-0.2, -0.15) is 0 Å². The third kappa shape index (κ3) is 2.07. The van der Waals surface area contributed by atoms with Crippen molar-refractivity contribution in [2.24, 2.45) is 5.92 Å². The number of hydrogen-bond acceptors (Lipinski definition) is 3. The summed E-state index contributed by atoms with van der Waals surface area (Å²) in [4.78, 5) is 11.7. The van der Waals surface area contributed by atoms with E-state index in [0.29, 0.717) is 0 Å². The van der Waals surface area contributed by atoms with E-state index >= 15 is 0 Å². The van der Waals surface area contributed by atoms with Crippen LogP contribution in [0, 0.1) is 5.92 Å². The van der Waals surface area contributed by atoms with Gasteiger partial charge in [0.15, 0.2) is 0 Å². The van der Waals surface area contributed by atoms with Gasteiger partial charge >= 0.3 is 0 Å². The molecule has 0 aromatic rings. The molecule has 4 heteroatoms. The Kier molecular flexibility index (Phi) is 3.03. The van der Waals surface area contributed by atoms with Crippen LogP contribution in [-0.2, 0) is 4.79 Å². The molecule has 14 heavy (non-hydrogen) atoms. The summed E-state index contributed by atoms with van der Waals surface area (Å²) in [7, 11) is 0. The molecule has 0 radical (unpaired) electrons. The second-order valence-electron chi connectivity index (χ2n) is 4.30. The Morgan fingerprint density at radius 2 is 2.21 bits per heavy atom. The van der Waals surface area contributed by atoms with E-state index in [2.05, 4.69) is 10.6 Å². The van der Waals surface area contributed by atoms with E-state index in [4.69, 9.17) is 0 Å². The number of aliphatic hydroxyl groups excluding tert-OH is 1. The summed E-state index contributed by atoms with van der Waals surface area (Å²) in [6.45, 7) is 1.72. The van der Waals surface area contributed by atoms with Gasteiger partial charge in [-0.1, -0.05) is 0 Å². The minimum Gasteiger partial charge on any atom is -0.391 e. The van der Waals surface area contributed by atoms with Gasteiger partial charge in [0.25, 0.3) is 0 Å². The summed E-state index contributed by atoms with van der Waals surface area (Å²) < 4.78 is 0. The summed E-state index contributed by atoms with van der Waals surface area (Å²) in [6.07, 6.45) is 3.37. The molecule has 0 aromatic carbocycles. The molecule has 1 amide bonds. The molecule has 1 saturated heterocycles. The van der Waals surface area contributed by atoms with Crippen molar-refractivity contribution < 1.29 is 9.90 Å². The van der Waals surface area contributed by atoms with E-state index in [0.717, 1.165) is 38.8 Å². The van der Waals surface area contributed by atoms with Crippen molar-refractivity contribution in [1.82, 2.24) is 10.6 Å². The fourth-order valence-electron chi connectivity index (χ4n) is 2.29. The van der Waals surface area contributed by atoms with E-state index in [9.17, 15) is 9.90 Å². The molecule has 1 saturated carbocycles. The van der Waals surface area contributed by atoms with E-state index < -0.39 is 0 Å². The number of carbonyl (C=O) groups excluding carboxylic acids is 1. The first-order valence-electron chi connectivity index (χ1n) is 5.46. The number of rotatable bonds is 2. The number of amides is 1. The van der Waals surface area contributed by atoms with Crippen LogP contribution in [0.1, 0.15) is 25.7 Å². The first kappa shape index (κ1) is 9.93. The minimum atomic E-state index is -0.326. The van der Waals surface area contributed by atoms with E-state index in [-0.39, 0.29) is 24.0 Å². The van der Waals surface area contributed by atoms with Gasteiger partial charge < -0.3 is 15.7 Å². The summed E-state index contributed by atoms with van der Waals surface area (Å²) >= 11 is 0. The van der Waals surface area contributed by atoms with E-state index in [1.54, 1.807) is 0 Å². The van der Waals surface area contributed by atoms with Crippen LogP contribution in [0.15, 0.2) is 0 Å². The van der Waals surface area contributed by atoms with Gasteiger partial charge in [0.05, 0.1) is 18.1 Å². The minimum absolute atomic E-state index is 0.00287. The van der Waals surface area contributed by atoms with Crippen molar-refractivity contribution >= 4 is 5.91 Å². The molecule has 80 valence electrons. The highest BCUT2D eigenvalue weighted by Gasteiger charge is 2.30. The topological polar surface area (TPSA) is 61.4 Å². The fraction of sp³-hybridized carbons (Fsp3) is 0.900. The molecule has 3 N–H and O–H groups in total. The van der Waals surface area contributed by atoms with Crippen molar-refractivity contribution in [3.63, 3.8) is 0 Å². The normalized spacial score (nSPS) is 37.4. The summed E-state index contributed by atoms with van der Waals surface area (Å²) in [5.74, 6) is 0.226. The van der Waals surface area contributed by atoms with Crippen molar-refractivity contribution in [2.75, 3.05) is 13.1 Å². The highest BCUT2D eigenvalue weighted by molar-refractivity contribution is 5.79. The van der Waals surface area contributed by atoms with Gasteiger partial charge in [0.2, 0.25) is 5.91 Å². The third-order valence-electron chi connectivity index (χ3n) is 3.24. The molecule has 3 atom stereocenters. The quantitative estimate of drug-likeness (QED) is 0.567. The van der Waals surface area contributed by atoms with Crippen molar-refractivity contribution in [2.45, 2.75) is 37.8 Å². The highest BCUT2D eigenvalue weighted by Crippen LogP contribution is 2.19. The zero-order valence-corrected chi connectivity index (χ0v) is 8.33. The summed E-state index contributed by atoms with van der Waals surface area (Å²) in [5.41, 5.74) is 0. The van der Waals surface area contributed by atoms with E-state index in [1.807, 2.05) is 0 Å². The Morgan fingerprint density at radius 3 is 2.79 bits per heavy atom. The number of carbonyl (C=O) groups is 1. The molecule has 2 aliphatic rings. The zero-order chi connectivity index (χ0) is 9.97. The lowest BCUT2D eigenvalue weighted by atomic mass is 10.1. The molecular formula is C10H18N2O2. The average molecular weight is 198 g/mol. The molecule has 3 unspecified atom stereocenters. The second kappa shape index (κ2) is 4.28. The SMILES string of the molecule is O=C(NC1CCCC1O)C1CCNC1. The molecule has 2 fully saturated rings. The monoisotopic (exact) mass is 198 g/mol. The van der Waals surface area contributed by atoms with Gasteiger partial charge in [-0.25, -0.2) is 0 Å². The maximum atomic E-state index is 11.7. The molecular weight excluding hydrogens is 180 g/mol. The zero-order valence-electron chi connectivity index (χ0n) is 8.33. The van der Waals surface area contributed by atoms with Gasteiger partial charge in [0, 0.05) is 6.54 Å². The lowest BCUT2D eigenvalue weighted by Gasteiger charge is -2.18. The summed E-state index contributed by atoms with van der Waals surface area (Å²) in [5, 5.41) is 15.7. The number of hydrogen-bond donors (Lipinski definition) is 3. The first-order chi connectivity index (χ1) is 6.77. The standard InChI is InChI=1S/C10H18N2O2/c13-9-3-1-2-8(9)12-10(14)7-4-5-11-6-7/h7-9,11,13H,1-6H2,(H,12,14). The predicted octanol–water partition coefficient (Wildman–Crippen LogP) is -0.375. The maximum absolute atomic E-state index is 11.7. The molecule has 4 nitrogen and oxygen atoms in total. The van der Waals surface area contributed by atoms with Crippen molar-refractivity contribution in [3.8, 4) is 0 Å². The van der Waals surface area contributed by atoms with Gasteiger partial charge in [-0.15, -0.1) is 0 Å². The second-order valence-corrected chi connectivity index (χ2v) is 4.30. The average Bonchev–Trinajstić information content (AvgIpc) is 2.77. The van der Waals surface area contributed by atoms with Crippen LogP contribution in [0.2, 0.25) is 0 Å².